The van der Waals surface area contributed by atoms with Gasteiger partial charge in [-0.15, -0.1) is 0 Å². The summed E-state index contributed by atoms with van der Waals surface area (Å²) in [7, 11) is 0. The maximum Gasteiger partial charge on any atom is 0.226 e. The van der Waals surface area contributed by atoms with Gasteiger partial charge in [0.2, 0.25) is 5.91 Å². The van der Waals surface area contributed by atoms with Crippen LogP contribution < -0.4 is 10.1 Å². The predicted octanol–water partition coefficient (Wildman–Crippen LogP) is 4.82. The van der Waals surface area contributed by atoms with E-state index in [9.17, 15) is 9.18 Å². The number of ether oxygens (including phenoxy) is 1. The fourth-order valence-electron chi connectivity index (χ4n) is 2.45. The van der Waals surface area contributed by atoms with Crippen LogP contribution in [0.4, 0.5) is 4.39 Å². The van der Waals surface area contributed by atoms with Gasteiger partial charge in [0.05, 0.1) is 12.1 Å². The Bertz CT molecular complexity index is 938. The number of nitrogens with zero attached hydrogens (tertiary/aromatic N) is 1. The Labute approximate surface area is 165 Å². The number of aromatic nitrogens is 2. The molecular formula is C19H16Cl2FN3O2. The minimum absolute atomic E-state index is 0.0230. The van der Waals surface area contributed by atoms with Gasteiger partial charge in [-0.1, -0.05) is 35.3 Å². The van der Waals surface area contributed by atoms with Crippen molar-refractivity contribution in [1.29, 1.82) is 0 Å². The molecule has 0 bridgehead atoms. The van der Waals surface area contributed by atoms with Crippen molar-refractivity contribution in [3.63, 3.8) is 0 Å². The third-order valence-electron chi connectivity index (χ3n) is 3.75. The number of nitrogens with one attached hydrogen (secondary N) is 2. The Morgan fingerprint density at radius 3 is 2.52 bits per heavy atom. The average molecular weight is 408 g/mol. The molecule has 0 aliphatic heterocycles. The lowest BCUT2D eigenvalue weighted by atomic mass is 10.2. The zero-order valence-corrected chi connectivity index (χ0v) is 15.9. The van der Waals surface area contributed by atoms with Crippen molar-refractivity contribution in [2.45, 2.75) is 19.9 Å². The molecule has 0 atom stereocenters. The quantitative estimate of drug-likeness (QED) is 0.615. The summed E-state index contributed by atoms with van der Waals surface area (Å²) in [6.07, 6.45) is 0.0230. The van der Waals surface area contributed by atoms with Crippen LogP contribution in [0, 0.1) is 12.7 Å². The lowest BCUT2D eigenvalue weighted by molar-refractivity contribution is -0.120. The molecule has 27 heavy (non-hydrogen) atoms. The molecule has 1 aromatic heterocycles. The number of benzene rings is 2. The van der Waals surface area contributed by atoms with Crippen molar-refractivity contribution < 1.29 is 13.9 Å². The predicted molar refractivity (Wildman–Crippen MR) is 102 cm³/mol. The summed E-state index contributed by atoms with van der Waals surface area (Å²) in [6, 6.07) is 10.8. The summed E-state index contributed by atoms with van der Waals surface area (Å²) >= 11 is 12.0. The van der Waals surface area contributed by atoms with E-state index in [1.54, 1.807) is 37.3 Å². The molecule has 0 spiro atoms. The molecular weight excluding hydrogens is 392 g/mol. The summed E-state index contributed by atoms with van der Waals surface area (Å²) in [4.78, 5) is 12.2. The van der Waals surface area contributed by atoms with Crippen molar-refractivity contribution in [1.82, 2.24) is 15.5 Å². The lowest BCUT2D eigenvalue weighted by Crippen LogP contribution is -2.24. The van der Waals surface area contributed by atoms with E-state index in [4.69, 9.17) is 27.9 Å². The first-order chi connectivity index (χ1) is 12.9. The molecule has 0 aliphatic carbocycles. The second kappa shape index (κ2) is 8.41. The van der Waals surface area contributed by atoms with Crippen LogP contribution in [-0.2, 0) is 17.8 Å². The van der Waals surface area contributed by atoms with E-state index in [-0.39, 0.29) is 18.1 Å². The summed E-state index contributed by atoms with van der Waals surface area (Å²) in [5.41, 5.74) is 1.93. The number of hydrogen-bond acceptors (Lipinski definition) is 3. The van der Waals surface area contributed by atoms with E-state index in [1.807, 2.05) is 0 Å². The molecule has 0 fully saturated rings. The number of aryl methyl sites for hydroxylation is 1. The van der Waals surface area contributed by atoms with Crippen LogP contribution in [0.3, 0.4) is 0 Å². The van der Waals surface area contributed by atoms with Crippen LogP contribution in [0.25, 0.3) is 0 Å². The first-order valence-corrected chi connectivity index (χ1v) is 8.85. The maximum atomic E-state index is 12.9. The second-order valence-corrected chi connectivity index (χ2v) is 6.78. The van der Waals surface area contributed by atoms with Gasteiger partial charge in [-0.25, -0.2) is 4.39 Å². The number of amides is 1. The molecule has 3 rings (SSSR count). The van der Waals surface area contributed by atoms with E-state index < -0.39 is 0 Å². The molecule has 0 radical (unpaired) electrons. The van der Waals surface area contributed by atoms with Gasteiger partial charge in [0, 0.05) is 16.6 Å². The van der Waals surface area contributed by atoms with Crippen LogP contribution in [-0.4, -0.2) is 16.1 Å². The summed E-state index contributed by atoms with van der Waals surface area (Å²) in [5, 5.41) is 10.6. The summed E-state index contributed by atoms with van der Waals surface area (Å²) < 4.78 is 18.8. The SMILES string of the molecule is Cc1[nH]nc(CC(=O)NCc2ccc(F)cc2)c1Oc1cc(Cl)cc(Cl)c1. The number of rotatable bonds is 6. The molecule has 2 aromatic carbocycles. The van der Waals surface area contributed by atoms with Gasteiger partial charge in [0.1, 0.15) is 17.3 Å². The Hall–Kier alpha value is -2.57. The van der Waals surface area contributed by atoms with Gasteiger partial charge in [0.15, 0.2) is 5.75 Å². The summed E-state index contributed by atoms with van der Waals surface area (Å²) in [5.74, 6) is 0.343. The van der Waals surface area contributed by atoms with Crippen LogP contribution in [0.1, 0.15) is 17.0 Å². The molecule has 0 aliphatic rings. The molecule has 8 heteroatoms. The number of H-pyrrole nitrogens is 1. The van der Waals surface area contributed by atoms with Crippen LogP contribution in [0.2, 0.25) is 10.0 Å². The number of carbonyl (C=O) groups excluding carboxylic acids is 1. The smallest absolute Gasteiger partial charge is 0.226 e. The van der Waals surface area contributed by atoms with Crippen molar-refractivity contribution in [2.24, 2.45) is 0 Å². The third kappa shape index (κ3) is 5.21. The van der Waals surface area contributed by atoms with Gasteiger partial charge in [-0.3, -0.25) is 9.89 Å². The molecule has 3 aromatic rings. The first kappa shape index (κ1) is 19.2. The molecule has 1 heterocycles. The number of carbonyl (C=O) groups is 1. The van der Waals surface area contributed by atoms with E-state index in [0.29, 0.717) is 39.5 Å². The number of aromatic amines is 1. The van der Waals surface area contributed by atoms with Gasteiger partial charge >= 0.3 is 0 Å². The minimum Gasteiger partial charge on any atom is -0.453 e. The monoisotopic (exact) mass is 407 g/mol. The Morgan fingerprint density at radius 2 is 1.85 bits per heavy atom. The van der Waals surface area contributed by atoms with Gasteiger partial charge in [0.25, 0.3) is 0 Å². The highest BCUT2D eigenvalue weighted by atomic mass is 35.5. The lowest BCUT2D eigenvalue weighted by Gasteiger charge is -2.09. The molecule has 140 valence electrons. The third-order valence-corrected chi connectivity index (χ3v) is 4.18. The molecule has 0 unspecified atom stereocenters. The van der Waals surface area contributed by atoms with Crippen LogP contribution in [0.15, 0.2) is 42.5 Å². The molecule has 0 saturated carbocycles. The van der Waals surface area contributed by atoms with Crippen molar-refractivity contribution in [2.75, 3.05) is 0 Å². The molecule has 0 saturated heterocycles. The molecule has 5 nitrogen and oxygen atoms in total. The summed E-state index contributed by atoms with van der Waals surface area (Å²) in [6.45, 7) is 2.08. The van der Waals surface area contributed by atoms with E-state index >= 15 is 0 Å². The van der Waals surface area contributed by atoms with Crippen molar-refractivity contribution in [3.8, 4) is 11.5 Å². The Kier molecular flexibility index (Phi) is 5.98. The highest BCUT2D eigenvalue weighted by molar-refractivity contribution is 6.34. The topological polar surface area (TPSA) is 67.0 Å². The van der Waals surface area contributed by atoms with Crippen LogP contribution in [0.5, 0.6) is 11.5 Å². The Balaban J connectivity index is 1.66. The second-order valence-electron chi connectivity index (χ2n) is 5.91. The highest BCUT2D eigenvalue weighted by Gasteiger charge is 2.16. The fraction of sp³-hybridized carbons (Fsp3) is 0.158. The normalized spacial score (nSPS) is 10.7. The number of halogens is 3. The fourth-order valence-corrected chi connectivity index (χ4v) is 2.95. The maximum absolute atomic E-state index is 12.9. The van der Waals surface area contributed by atoms with E-state index in [0.717, 1.165) is 5.56 Å². The Morgan fingerprint density at radius 1 is 1.19 bits per heavy atom. The number of hydrogen-bond donors (Lipinski definition) is 2. The zero-order valence-electron chi connectivity index (χ0n) is 14.4. The molecule has 2 N–H and O–H groups in total. The van der Waals surface area contributed by atoms with Crippen LogP contribution >= 0.6 is 23.2 Å². The van der Waals surface area contributed by atoms with Crippen molar-refractivity contribution in [3.05, 3.63) is 75.3 Å². The minimum atomic E-state index is -0.319. The van der Waals surface area contributed by atoms with E-state index in [2.05, 4.69) is 15.5 Å². The van der Waals surface area contributed by atoms with Gasteiger partial charge < -0.3 is 10.1 Å². The van der Waals surface area contributed by atoms with E-state index in [1.165, 1.54) is 12.1 Å². The largest absolute Gasteiger partial charge is 0.453 e. The standard InChI is InChI=1S/C19H16Cl2FN3O2/c1-11-19(27-16-7-13(20)6-14(21)8-16)17(25-24-11)9-18(26)23-10-12-2-4-15(22)5-3-12/h2-8H,9-10H2,1H3,(H,23,26)(H,24,25). The highest BCUT2D eigenvalue weighted by Crippen LogP contribution is 2.31. The molecule has 1 amide bonds. The van der Waals surface area contributed by atoms with Gasteiger partial charge in [-0.2, -0.15) is 5.10 Å². The van der Waals surface area contributed by atoms with Gasteiger partial charge in [-0.05, 0) is 42.8 Å². The zero-order chi connectivity index (χ0) is 19.4. The average Bonchev–Trinajstić information content (AvgIpc) is 2.94. The first-order valence-electron chi connectivity index (χ1n) is 8.09. The van der Waals surface area contributed by atoms with Crippen molar-refractivity contribution >= 4 is 29.1 Å².